The first kappa shape index (κ1) is 16.1. The van der Waals surface area contributed by atoms with E-state index in [-0.39, 0.29) is 16.8 Å². The first-order valence-electron chi connectivity index (χ1n) is 7.17. The fourth-order valence-corrected chi connectivity index (χ4v) is 2.44. The Kier molecular flexibility index (Phi) is 4.10. The number of nitro groups is 1. The van der Waals surface area contributed by atoms with Gasteiger partial charge in [0.1, 0.15) is 17.5 Å². The summed E-state index contributed by atoms with van der Waals surface area (Å²) in [6.07, 6.45) is 2.78. The summed E-state index contributed by atoms with van der Waals surface area (Å²) in [4.78, 5) is 25.5. The summed E-state index contributed by atoms with van der Waals surface area (Å²) in [5.74, 6) is -0.950. The Morgan fingerprint density at radius 2 is 1.96 bits per heavy atom. The minimum Gasteiger partial charge on any atom is -0.360 e. The van der Waals surface area contributed by atoms with E-state index in [1.807, 2.05) is 6.07 Å². The van der Waals surface area contributed by atoms with E-state index in [9.17, 15) is 24.6 Å². The molecule has 0 unspecified atom stereocenters. The van der Waals surface area contributed by atoms with Crippen LogP contribution in [0.1, 0.15) is 15.9 Å². The summed E-state index contributed by atoms with van der Waals surface area (Å²) >= 11 is 0. The SMILES string of the molecule is N#CC(=Cc1ccc([N+](=O)[O-])cc1)C(=O)c1c[nH]c2cc(F)ccc12. The van der Waals surface area contributed by atoms with E-state index < -0.39 is 16.5 Å². The van der Waals surface area contributed by atoms with Crippen LogP contribution in [0, 0.1) is 27.3 Å². The van der Waals surface area contributed by atoms with Crippen molar-refractivity contribution < 1.29 is 14.1 Å². The number of carbonyl (C=O) groups excluding carboxylic acids is 1. The van der Waals surface area contributed by atoms with Gasteiger partial charge in [-0.05, 0) is 42.0 Å². The number of nitrogens with zero attached hydrogens (tertiary/aromatic N) is 2. The molecular formula is C18H10FN3O3. The standard InChI is InChI=1S/C18H10FN3O3/c19-13-3-6-15-16(10-21-17(15)8-13)18(23)12(9-20)7-11-1-4-14(5-2-11)22(24)25/h1-8,10,21H. The van der Waals surface area contributed by atoms with E-state index in [1.54, 1.807) is 0 Å². The molecular weight excluding hydrogens is 325 g/mol. The Morgan fingerprint density at radius 1 is 1.24 bits per heavy atom. The number of fused-ring (bicyclic) bond motifs is 1. The molecule has 2 aromatic carbocycles. The van der Waals surface area contributed by atoms with E-state index in [0.29, 0.717) is 16.5 Å². The monoisotopic (exact) mass is 335 g/mol. The van der Waals surface area contributed by atoms with Gasteiger partial charge in [0.2, 0.25) is 5.78 Å². The Labute approximate surface area is 141 Å². The fourth-order valence-electron chi connectivity index (χ4n) is 2.44. The minimum atomic E-state index is -0.533. The minimum absolute atomic E-state index is 0.0827. The number of allylic oxidation sites excluding steroid dienone is 1. The van der Waals surface area contributed by atoms with Gasteiger partial charge >= 0.3 is 0 Å². The predicted octanol–water partition coefficient (Wildman–Crippen LogP) is 4.01. The zero-order valence-corrected chi connectivity index (χ0v) is 12.7. The Hall–Kier alpha value is -3.79. The maximum absolute atomic E-state index is 13.2. The second-order valence-corrected chi connectivity index (χ2v) is 5.24. The maximum Gasteiger partial charge on any atom is 0.269 e. The van der Waals surface area contributed by atoms with E-state index in [4.69, 9.17) is 0 Å². The molecule has 0 atom stereocenters. The van der Waals surface area contributed by atoms with Crippen LogP contribution in [0.15, 0.2) is 54.2 Å². The molecule has 0 bridgehead atoms. The number of nitrogens with one attached hydrogen (secondary N) is 1. The molecule has 7 heteroatoms. The number of benzene rings is 2. The third-order valence-electron chi connectivity index (χ3n) is 3.67. The summed E-state index contributed by atoms with van der Waals surface area (Å²) < 4.78 is 13.2. The van der Waals surface area contributed by atoms with Crippen molar-refractivity contribution in [1.82, 2.24) is 4.98 Å². The fraction of sp³-hybridized carbons (Fsp3) is 0. The molecule has 1 aromatic heterocycles. The average molecular weight is 335 g/mol. The highest BCUT2D eigenvalue weighted by Crippen LogP contribution is 2.23. The topological polar surface area (TPSA) is 99.8 Å². The number of Topliss-reactive ketones (excluding diaryl/α,β-unsaturated/α-hetero) is 1. The molecule has 0 saturated carbocycles. The summed E-state index contributed by atoms with van der Waals surface area (Å²) in [7, 11) is 0. The number of hydrogen-bond donors (Lipinski definition) is 1. The molecule has 0 radical (unpaired) electrons. The van der Waals surface area contributed by atoms with Crippen molar-refractivity contribution in [3.63, 3.8) is 0 Å². The maximum atomic E-state index is 13.2. The number of carbonyl (C=O) groups is 1. The van der Waals surface area contributed by atoms with Crippen molar-refractivity contribution in [3.05, 3.63) is 81.3 Å². The van der Waals surface area contributed by atoms with Crippen LogP contribution >= 0.6 is 0 Å². The molecule has 1 N–H and O–H groups in total. The molecule has 0 spiro atoms. The smallest absolute Gasteiger partial charge is 0.269 e. The third-order valence-corrected chi connectivity index (χ3v) is 3.67. The molecule has 0 amide bonds. The number of hydrogen-bond acceptors (Lipinski definition) is 4. The van der Waals surface area contributed by atoms with Gasteiger partial charge in [0.05, 0.1) is 4.92 Å². The van der Waals surface area contributed by atoms with Crippen molar-refractivity contribution in [2.24, 2.45) is 0 Å². The number of aromatic nitrogens is 1. The lowest BCUT2D eigenvalue weighted by Gasteiger charge is -1.99. The number of rotatable bonds is 4. The zero-order chi connectivity index (χ0) is 18.0. The average Bonchev–Trinajstić information content (AvgIpc) is 3.02. The van der Waals surface area contributed by atoms with E-state index >= 15 is 0 Å². The highest BCUT2D eigenvalue weighted by atomic mass is 19.1. The van der Waals surface area contributed by atoms with Crippen molar-refractivity contribution in [2.75, 3.05) is 0 Å². The molecule has 0 fully saturated rings. The Morgan fingerprint density at radius 3 is 2.60 bits per heavy atom. The van der Waals surface area contributed by atoms with Crippen molar-refractivity contribution >= 4 is 28.4 Å². The predicted molar refractivity (Wildman–Crippen MR) is 89.3 cm³/mol. The lowest BCUT2D eigenvalue weighted by molar-refractivity contribution is -0.384. The molecule has 1 heterocycles. The molecule has 122 valence electrons. The van der Waals surface area contributed by atoms with Crippen molar-refractivity contribution in [2.45, 2.75) is 0 Å². The number of aromatic amines is 1. The lowest BCUT2D eigenvalue weighted by atomic mass is 10.0. The third kappa shape index (κ3) is 3.14. The van der Waals surface area contributed by atoms with Gasteiger partial charge < -0.3 is 4.98 Å². The van der Waals surface area contributed by atoms with Crippen LogP contribution in [-0.4, -0.2) is 15.7 Å². The number of nitriles is 1. The number of halogens is 1. The van der Waals surface area contributed by atoms with Gasteiger partial charge in [0.25, 0.3) is 5.69 Å². The largest absolute Gasteiger partial charge is 0.360 e. The highest BCUT2D eigenvalue weighted by Gasteiger charge is 2.17. The van der Waals surface area contributed by atoms with Crippen LogP contribution in [-0.2, 0) is 0 Å². The summed E-state index contributed by atoms with van der Waals surface area (Å²) in [5, 5.41) is 20.5. The van der Waals surface area contributed by atoms with Crippen LogP contribution in [0.4, 0.5) is 10.1 Å². The lowest BCUT2D eigenvalue weighted by Crippen LogP contribution is -2.01. The van der Waals surface area contributed by atoms with Gasteiger partial charge in [-0.2, -0.15) is 5.26 Å². The van der Waals surface area contributed by atoms with Gasteiger partial charge in [-0.1, -0.05) is 0 Å². The number of nitro benzene ring substituents is 1. The first-order chi connectivity index (χ1) is 12.0. The normalized spacial score (nSPS) is 11.3. The zero-order valence-electron chi connectivity index (χ0n) is 12.7. The van der Waals surface area contributed by atoms with Crippen molar-refractivity contribution in [1.29, 1.82) is 5.26 Å². The molecule has 0 aliphatic heterocycles. The summed E-state index contributed by atoms with van der Waals surface area (Å²) in [5.41, 5.74) is 0.988. The molecule has 0 saturated heterocycles. The molecule has 0 aliphatic rings. The molecule has 25 heavy (non-hydrogen) atoms. The van der Waals surface area contributed by atoms with E-state index in [0.717, 1.165) is 0 Å². The van der Waals surface area contributed by atoms with Gasteiger partial charge in [-0.15, -0.1) is 0 Å². The van der Waals surface area contributed by atoms with Gasteiger partial charge in [0.15, 0.2) is 0 Å². The molecule has 3 aromatic rings. The highest BCUT2D eigenvalue weighted by molar-refractivity contribution is 6.19. The second kappa shape index (κ2) is 6.37. The van der Waals surface area contributed by atoms with Crippen LogP contribution in [0.25, 0.3) is 17.0 Å². The van der Waals surface area contributed by atoms with Crippen LogP contribution in [0.2, 0.25) is 0 Å². The van der Waals surface area contributed by atoms with Gasteiger partial charge in [0, 0.05) is 34.8 Å². The van der Waals surface area contributed by atoms with Crippen LogP contribution in [0.5, 0.6) is 0 Å². The quantitative estimate of drug-likeness (QED) is 0.256. The van der Waals surface area contributed by atoms with Gasteiger partial charge in [-0.25, -0.2) is 4.39 Å². The first-order valence-corrected chi connectivity index (χ1v) is 7.17. The molecule has 3 rings (SSSR count). The van der Waals surface area contributed by atoms with E-state index in [2.05, 4.69) is 4.98 Å². The molecule has 6 nitrogen and oxygen atoms in total. The molecule has 0 aliphatic carbocycles. The number of non-ortho nitro benzene ring substituents is 1. The van der Waals surface area contributed by atoms with Crippen LogP contribution in [0.3, 0.4) is 0 Å². The summed E-state index contributed by atoms with van der Waals surface area (Å²) in [6.45, 7) is 0. The van der Waals surface area contributed by atoms with Crippen molar-refractivity contribution in [3.8, 4) is 6.07 Å². The Bertz CT molecular complexity index is 1060. The van der Waals surface area contributed by atoms with E-state index in [1.165, 1.54) is 54.7 Å². The number of H-pyrrole nitrogens is 1. The van der Waals surface area contributed by atoms with Gasteiger partial charge in [-0.3, -0.25) is 14.9 Å². The Balaban J connectivity index is 1.98. The second-order valence-electron chi connectivity index (χ2n) is 5.24. The number of ketones is 1. The summed E-state index contributed by atoms with van der Waals surface area (Å²) in [6, 6.07) is 11.3. The van der Waals surface area contributed by atoms with Crippen LogP contribution < -0.4 is 0 Å².